The molecule has 0 radical (unpaired) electrons. The van der Waals surface area contributed by atoms with Crippen LogP contribution in [0, 0.1) is 6.92 Å². The topological polar surface area (TPSA) is 74.6 Å². The number of nitrogens with one attached hydrogen (secondary N) is 1. The van der Waals surface area contributed by atoms with Crippen LogP contribution in [0.2, 0.25) is 0 Å². The first-order valence-corrected chi connectivity index (χ1v) is 7.82. The average molecular weight is 331 g/mol. The molecule has 24 heavy (non-hydrogen) atoms. The summed E-state index contributed by atoms with van der Waals surface area (Å²) in [4.78, 5) is 12.1. The van der Waals surface area contributed by atoms with Crippen LogP contribution < -0.4 is 14.8 Å². The van der Waals surface area contributed by atoms with Gasteiger partial charge in [-0.3, -0.25) is 9.48 Å². The first-order chi connectivity index (χ1) is 11.6. The minimum absolute atomic E-state index is 0.0425. The van der Waals surface area contributed by atoms with Crippen molar-refractivity contribution in [3.63, 3.8) is 0 Å². The lowest BCUT2D eigenvalue weighted by Gasteiger charge is -2.19. The van der Waals surface area contributed by atoms with Crippen molar-refractivity contribution >= 4 is 5.91 Å². The Morgan fingerprint density at radius 1 is 1.33 bits per heavy atom. The molecule has 1 saturated heterocycles. The molecule has 0 aliphatic carbocycles. The van der Waals surface area contributed by atoms with Gasteiger partial charge in [0.15, 0.2) is 12.4 Å². The molecular formula is C17H21N3O4. The van der Waals surface area contributed by atoms with Crippen LogP contribution in [0.25, 0.3) is 0 Å². The van der Waals surface area contributed by atoms with Crippen LogP contribution in [0.1, 0.15) is 5.56 Å². The summed E-state index contributed by atoms with van der Waals surface area (Å²) in [6, 6.07) is 7.36. The minimum atomic E-state index is -0.238. The standard InChI is InChI=1S/C17H21N3O4/c1-12-3-5-13(6-4-12)23-11-17(21)19-15-9-22-10-16(15)24-14-7-18-20(2)8-14/h3-8,15-16H,9-11H2,1-2H3,(H,19,21)/t15-,16+/m0/s1. The molecule has 1 N–H and O–H groups in total. The first-order valence-electron chi connectivity index (χ1n) is 7.82. The van der Waals surface area contributed by atoms with E-state index in [4.69, 9.17) is 14.2 Å². The fourth-order valence-corrected chi connectivity index (χ4v) is 2.45. The fraction of sp³-hybridized carbons (Fsp3) is 0.412. The predicted octanol–water partition coefficient (Wildman–Crippen LogP) is 1.07. The minimum Gasteiger partial charge on any atom is -0.484 e. The number of rotatable bonds is 6. The molecule has 128 valence electrons. The van der Waals surface area contributed by atoms with E-state index < -0.39 is 0 Å². The third kappa shape index (κ3) is 4.26. The Balaban J connectivity index is 1.48. The number of carbonyl (C=O) groups is 1. The molecule has 1 fully saturated rings. The molecule has 7 heteroatoms. The van der Waals surface area contributed by atoms with E-state index in [-0.39, 0.29) is 24.7 Å². The largest absolute Gasteiger partial charge is 0.484 e. The highest BCUT2D eigenvalue weighted by molar-refractivity contribution is 5.78. The predicted molar refractivity (Wildman–Crippen MR) is 87.0 cm³/mol. The van der Waals surface area contributed by atoms with Gasteiger partial charge in [0.2, 0.25) is 0 Å². The molecule has 2 atom stereocenters. The zero-order chi connectivity index (χ0) is 16.9. The third-order valence-electron chi connectivity index (χ3n) is 3.73. The molecule has 1 aliphatic rings. The molecule has 2 aromatic rings. The van der Waals surface area contributed by atoms with Gasteiger partial charge < -0.3 is 19.5 Å². The maximum absolute atomic E-state index is 12.1. The number of aryl methyl sites for hydroxylation is 2. The summed E-state index contributed by atoms with van der Waals surface area (Å²) in [6.07, 6.45) is 3.17. The van der Waals surface area contributed by atoms with E-state index in [1.807, 2.05) is 38.2 Å². The summed E-state index contributed by atoms with van der Waals surface area (Å²) in [5.74, 6) is 1.12. The summed E-state index contributed by atoms with van der Waals surface area (Å²) in [7, 11) is 1.82. The smallest absolute Gasteiger partial charge is 0.258 e. The zero-order valence-corrected chi connectivity index (χ0v) is 13.8. The second kappa shape index (κ2) is 7.35. The van der Waals surface area contributed by atoms with Crippen molar-refractivity contribution in [3.8, 4) is 11.5 Å². The highest BCUT2D eigenvalue weighted by atomic mass is 16.5. The molecular weight excluding hydrogens is 310 g/mol. The van der Waals surface area contributed by atoms with E-state index in [9.17, 15) is 4.79 Å². The molecule has 1 amide bonds. The molecule has 0 bridgehead atoms. The summed E-state index contributed by atoms with van der Waals surface area (Å²) < 4.78 is 18.4. The molecule has 7 nitrogen and oxygen atoms in total. The maximum Gasteiger partial charge on any atom is 0.258 e. The Morgan fingerprint density at radius 3 is 2.83 bits per heavy atom. The normalized spacial score (nSPS) is 19.9. The quantitative estimate of drug-likeness (QED) is 0.857. The lowest BCUT2D eigenvalue weighted by Crippen LogP contribution is -2.46. The van der Waals surface area contributed by atoms with Crippen LogP contribution in [0.3, 0.4) is 0 Å². The van der Waals surface area contributed by atoms with Gasteiger partial charge in [-0.05, 0) is 19.1 Å². The first kappa shape index (κ1) is 16.3. The molecule has 0 spiro atoms. The van der Waals surface area contributed by atoms with Crippen LogP contribution in [-0.2, 0) is 16.6 Å². The Morgan fingerprint density at radius 2 is 2.12 bits per heavy atom. The maximum atomic E-state index is 12.1. The Bertz CT molecular complexity index is 683. The van der Waals surface area contributed by atoms with E-state index in [0.29, 0.717) is 24.7 Å². The fourth-order valence-electron chi connectivity index (χ4n) is 2.45. The molecule has 1 aromatic carbocycles. The van der Waals surface area contributed by atoms with Gasteiger partial charge in [-0.25, -0.2) is 0 Å². The van der Waals surface area contributed by atoms with Gasteiger partial charge in [0.1, 0.15) is 11.9 Å². The van der Waals surface area contributed by atoms with Gasteiger partial charge >= 0.3 is 0 Å². The van der Waals surface area contributed by atoms with Crippen molar-refractivity contribution in [2.45, 2.75) is 19.1 Å². The lowest BCUT2D eigenvalue weighted by atomic mass is 10.2. The zero-order valence-electron chi connectivity index (χ0n) is 13.8. The number of benzene rings is 1. The van der Waals surface area contributed by atoms with Crippen LogP contribution >= 0.6 is 0 Å². The molecule has 0 unspecified atom stereocenters. The lowest BCUT2D eigenvalue weighted by molar-refractivity contribution is -0.124. The van der Waals surface area contributed by atoms with Crippen LogP contribution in [0.4, 0.5) is 0 Å². The average Bonchev–Trinajstić information content (AvgIpc) is 3.16. The number of amides is 1. The van der Waals surface area contributed by atoms with Crippen LogP contribution in [0.15, 0.2) is 36.7 Å². The van der Waals surface area contributed by atoms with Crippen LogP contribution in [0.5, 0.6) is 11.5 Å². The number of hydrogen-bond donors (Lipinski definition) is 1. The summed E-state index contributed by atoms with van der Waals surface area (Å²) >= 11 is 0. The number of aromatic nitrogens is 2. The third-order valence-corrected chi connectivity index (χ3v) is 3.73. The summed E-state index contributed by atoms with van der Waals surface area (Å²) in [5.41, 5.74) is 1.14. The van der Waals surface area contributed by atoms with Gasteiger partial charge in [-0.1, -0.05) is 17.7 Å². The van der Waals surface area contributed by atoms with Gasteiger partial charge in [-0.2, -0.15) is 5.10 Å². The van der Waals surface area contributed by atoms with Crippen molar-refractivity contribution in [1.82, 2.24) is 15.1 Å². The molecule has 1 aromatic heterocycles. The number of carbonyl (C=O) groups excluding carboxylic acids is 1. The number of hydrogen-bond acceptors (Lipinski definition) is 5. The second-order valence-electron chi connectivity index (χ2n) is 5.82. The van der Waals surface area contributed by atoms with Crippen molar-refractivity contribution in [1.29, 1.82) is 0 Å². The van der Waals surface area contributed by atoms with E-state index in [2.05, 4.69) is 10.4 Å². The molecule has 0 saturated carbocycles. The van der Waals surface area contributed by atoms with E-state index in [0.717, 1.165) is 5.56 Å². The molecule has 2 heterocycles. The van der Waals surface area contributed by atoms with E-state index in [1.165, 1.54) is 0 Å². The number of nitrogens with zero attached hydrogens (tertiary/aromatic N) is 2. The van der Waals surface area contributed by atoms with Crippen molar-refractivity contribution in [2.24, 2.45) is 7.05 Å². The highest BCUT2D eigenvalue weighted by Crippen LogP contribution is 2.16. The molecule has 3 rings (SSSR count). The summed E-state index contributed by atoms with van der Waals surface area (Å²) in [5, 5.41) is 6.95. The highest BCUT2D eigenvalue weighted by Gasteiger charge is 2.31. The molecule has 1 aliphatic heterocycles. The van der Waals surface area contributed by atoms with Gasteiger partial charge in [-0.15, -0.1) is 0 Å². The number of ether oxygens (including phenoxy) is 3. The van der Waals surface area contributed by atoms with Crippen molar-refractivity contribution < 1.29 is 19.0 Å². The second-order valence-corrected chi connectivity index (χ2v) is 5.82. The van der Waals surface area contributed by atoms with Crippen molar-refractivity contribution in [2.75, 3.05) is 19.8 Å². The van der Waals surface area contributed by atoms with E-state index in [1.54, 1.807) is 17.1 Å². The van der Waals surface area contributed by atoms with Crippen LogP contribution in [-0.4, -0.2) is 47.7 Å². The Kier molecular flexibility index (Phi) is 5.00. The SMILES string of the molecule is Cc1ccc(OCC(=O)N[C@H]2COC[C@H]2Oc2cnn(C)c2)cc1. The van der Waals surface area contributed by atoms with Crippen molar-refractivity contribution in [3.05, 3.63) is 42.2 Å². The van der Waals surface area contributed by atoms with Gasteiger partial charge in [0.25, 0.3) is 5.91 Å². The summed E-state index contributed by atoms with van der Waals surface area (Å²) in [6.45, 7) is 2.80. The Hall–Kier alpha value is -2.54. The van der Waals surface area contributed by atoms with Gasteiger partial charge in [0, 0.05) is 7.05 Å². The van der Waals surface area contributed by atoms with E-state index >= 15 is 0 Å². The Labute approximate surface area is 140 Å². The van der Waals surface area contributed by atoms with Gasteiger partial charge in [0.05, 0.1) is 31.6 Å². The monoisotopic (exact) mass is 331 g/mol.